The molecule has 0 atom stereocenters. The minimum atomic E-state index is -0.109. The van der Waals surface area contributed by atoms with Gasteiger partial charge in [-0.05, 0) is 18.2 Å². The number of hydrogen-bond acceptors (Lipinski definition) is 4. The molecule has 2 aromatic rings. The van der Waals surface area contributed by atoms with Gasteiger partial charge in [0.2, 0.25) is 5.88 Å². The van der Waals surface area contributed by atoms with Gasteiger partial charge in [-0.1, -0.05) is 34.4 Å². The molecule has 1 aromatic carbocycles. The van der Waals surface area contributed by atoms with Gasteiger partial charge >= 0.3 is 0 Å². The van der Waals surface area contributed by atoms with Crippen LogP contribution >= 0.6 is 23.2 Å². The molecule has 7 heteroatoms. The highest BCUT2D eigenvalue weighted by atomic mass is 35.5. The predicted octanol–water partition coefficient (Wildman–Crippen LogP) is 3.28. The molecule has 0 bridgehead atoms. The average Bonchev–Trinajstić information content (AvgIpc) is 2.42. The van der Waals surface area contributed by atoms with Crippen molar-refractivity contribution >= 4 is 29.0 Å². The Morgan fingerprint density at radius 1 is 1.26 bits per heavy atom. The lowest BCUT2D eigenvalue weighted by atomic mass is 10.3. The summed E-state index contributed by atoms with van der Waals surface area (Å²) in [5.41, 5.74) is 5.74. The van der Waals surface area contributed by atoms with Crippen molar-refractivity contribution in [3.05, 3.63) is 52.1 Å². The fourth-order valence-corrected chi connectivity index (χ4v) is 1.65. The van der Waals surface area contributed by atoms with E-state index in [1.165, 1.54) is 0 Å². The highest BCUT2D eigenvalue weighted by Gasteiger charge is 2.07. The number of nitrogens with zero attached hydrogens (tertiary/aromatic N) is 2. The molecule has 98 valence electrons. The fourth-order valence-electron chi connectivity index (χ4n) is 1.33. The van der Waals surface area contributed by atoms with Gasteiger partial charge in [-0.15, -0.1) is 0 Å². The van der Waals surface area contributed by atoms with Gasteiger partial charge in [-0.2, -0.15) is 0 Å². The molecule has 0 unspecified atom stereocenters. The molecule has 0 aliphatic heterocycles. The summed E-state index contributed by atoms with van der Waals surface area (Å²) in [6, 6.07) is 9.70. The first-order valence-electron chi connectivity index (χ1n) is 5.18. The predicted molar refractivity (Wildman–Crippen MR) is 73.3 cm³/mol. The quantitative estimate of drug-likeness (QED) is 0.394. The molecule has 0 fully saturated rings. The number of hydrogen-bond donors (Lipinski definition) is 2. The molecule has 0 saturated carbocycles. The van der Waals surface area contributed by atoms with E-state index >= 15 is 0 Å². The standard InChI is InChI=1S/C12H9Cl2N3O2/c13-7-4-5-8(14)10(6-7)19-11-3-1-2-9(16-11)12(15)17-18/h1-6,18H,(H2,15,17). The maximum absolute atomic E-state index is 8.59. The lowest BCUT2D eigenvalue weighted by molar-refractivity contribution is 0.318. The molecule has 0 amide bonds. The van der Waals surface area contributed by atoms with Crippen molar-refractivity contribution in [3.63, 3.8) is 0 Å². The Bertz CT molecular complexity index is 632. The summed E-state index contributed by atoms with van der Waals surface area (Å²) in [5, 5.41) is 12.4. The second-order valence-electron chi connectivity index (χ2n) is 3.52. The van der Waals surface area contributed by atoms with Crippen LogP contribution in [0.5, 0.6) is 11.6 Å². The Morgan fingerprint density at radius 3 is 2.79 bits per heavy atom. The smallest absolute Gasteiger partial charge is 0.219 e. The number of oxime groups is 1. The van der Waals surface area contributed by atoms with E-state index in [0.29, 0.717) is 15.8 Å². The number of pyridine rings is 1. The van der Waals surface area contributed by atoms with E-state index in [1.807, 2.05) is 0 Å². The van der Waals surface area contributed by atoms with Crippen LogP contribution in [0.1, 0.15) is 5.69 Å². The Labute approximate surface area is 119 Å². The second-order valence-corrected chi connectivity index (χ2v) is 4.37. The summed E-state index contributed by atoms with van der Waals surface area (Å²) in [5.74, 6) is 0.522. The monoisotopic (exact) mass is 297 g/mol. The third-order valence-corrected chi connectivity index (χ3v) is 2.75. The summed E-state index contributed by atoms with van der Waals surface area (Å²) in [7, 11) is 0. The number of nitrogens with two attached hydrogens (primary N) is 1. The molecular weight excluding hydrogens is 289 g/mol. The zero-order chi connectivity index (χ0) is 13.8. The van der Waals surface area contributed by atoms with Gasteiger partial charge in [0.1, 0.15) is 11.4 Å². The van der Waals surface area contributed by atoms with Crippen molar-refractivity contribution in [2.45, 2.75) is 0 Å². The van der Waals surface area contributed by atoms with Crippen molar-refractivity contribution in [2.24, 2.45) is 10.9 Å². The number of amidine groups is 1. The van der Waals surface area contributed by atoms with Gasteiger partial charge in [-0.25, -0.2) is 4.98 Å². The van der Waals surface area contributed by atoms with Gasteiger partial charge in [0.25, 0.3) is 0 Å². The highest BCUT2D eigenvalue weighted by Crippen LogP contribution is 2.31. The summed E-state index contributed by atoms with van der Waals surface area (Å²) < 4.78 is 5.51. The zero-order valence-corrected chi connectivity index (χ0v) is 11.1. The molecule has 2 rings (SSSR count). The Kier molecular flexibility index (Phi) is 4.09. The first kappa shape index (κ1) is 13.5. The van der Waals surface area contributed by atoms with Crippen molar-refractivity contribution < 1.29 is 9.94 Å². The third kappa shape index (κ3) is 3.27. The van der Waals surface area contributed by atoms with Crippen molar-refractivity contribution in [2.75, 3.05) is 0 Å². The third-order valence-electron chi connectivity index (χ3n) is 2.20. The molecule has 0 saturated heterocycles. The van der Waals surface area contributed by atoms with E-state index in [4.69, 9.17) is 38.9 Å². The van der Waals surface area contributed by atoms with Gasteiger partial charge in [0, 0.05) is 17.2 Å². The summed E-state index contributed by atoms with van der Waals surface area (Å²) in [6.07, 6.45) is 0. The van der Waals surface area contributed by atoms with Crippen LogP contribution in [0.15, 0.2) is 41.6 Å². The first-order valence-corrected chi connectivity index (χ1v) is 5.93. The maximum Gasteiger partial charge on any atom is 0.219 e. The second kappa shape index (κ2) is 5.77. The molecule has 0 spiro atoms. The van der Waals surface area contributed by atoms with E-state index < -0.39 is 0 Å². The van der Waals surface area contributed by atoms with Crippen LogP contribution in [-0.2, 0) is 0 Å². The van der Waals surface area contributed by atoms with Crippen LogP contribution in [0.25, 0.3) is 0 Å². The summed E-state index contributed by atoms with van der Waals surface area (Å²) >= 11 is 11.8. The lowest BCUT2D eigenvalue weighted by Gasteiger charge is -2.08. The zero-order valence-electron chi connectivity index (χ0n) is 9.55. The van der Waals surface area contributed by atoms with E-state index in [1.54, 1.807) is 36.4 Å². The van der Waals surface area contributed by atoms with Crippen molar-refractivity contribution in [3.8, 4) is 11.6 Å². The SMILES string of the molecule is NC(=NO)c1cccc(Oc2cc(Cl)ccc2Cl)n1. The van der Waals surface area contributed by atoms with E-state index in [9.17, 15) is 0 Å². The van der Waals surface area contributed by atoms with Crippen LogP contribution in [0.3, 0.4) is 0 Å². The number of ether oxygens (including phenoxy) is 1. The summed E-state index contributed by atoms with van der Waals surface area (Å²) in [6.45, 7) is 0. The highest BCUT2D eigenvalue weighted by molar-refractivity contribution is 6.34. The van der Waals surface area contributed by atoms with E-state index in [0.717, 1.165) is 0 Å². The molecule has 1 heterocycles. The van der Waals surface area contributed by atoms with Crippen LogP contribution in [0, 0.1) is 0 Å². The largest absolute Gasteiger partial charge is 0.437 e. The first-order chi connectivity index (χ1) is 9.10. The molecule has 19 heavy (non-hydrogen) atoms. The van der Waals surface area contributed by atoms with Crippen LogP contribution in [0.2, 0.25) is 10.0 Å². The molecule has 1 aromatic heterocycles. The van der Waals surface area contributed by atoms with Crippen LogP contribution < -0.4 is 10.5 Å². The molecular formula is C12H9Cl2N3O2. The van der Waals surface area contributed by atoms with Gasteiger partial charge in [0.05, 0.1) is 5.02 Å². The number of halogens is 2. The lowest BCUT2D eigenvalue weighted by Crippen LogP contribution is -2.14. The van der Waals surface area contributed by atoms with Gasteiger partial charge in [-0.3, -0.25) is 0 Å². The molecule has 0 radical (unpaired) electrons. The minimum Gasteiger partial charge on any atom is -0.437 e. The molecule has 5 nitrogen and oxygen atoms in total. The Morgan fingerprint density at radius 2 is 2.05 bits per heavy atom. The minimum absolute atomic E-state index is 0.109. The molecule has 0 aliphatic carbocycles. The van der Waals surface area contributed by atoms with Crippen LogP contribution in [0.4, 0.5) is 0 Å². The maximum atomic E-state index is 8.59. The number of rotatable bonds is 3. The average molecular weight is 298 g/mol. The number of benzene rings is 1. The molecule has 0 aliphatic rings. The van der Waals surface area contributed by atoms with E-state index in [2.05, 4.69) is 10.1 Å². The van der Waals surface area contributed by atoms with Gasteiger partial charge in [0.15, 0.2) is 5.84 Å². The number of aromatic nitrogens is 1. The van der Waals surface area contributed by atoms with Crippen molar-refractivity contribution in [1.82, 2.24) is 4.98 Å². The molecule has 3 N–H and O–H groups in total. The Balaban J connectivity index is 2.31. The Hall–Kier alpha value is -1.98. The van der Waals surface area contributed by atoms with Gasteiger partial charge < -0.3 is 15.7 Å². The van der Waals surface area contributed by atoms with E-state index in [-0.39, 0.29) is 17.4 Å². The normalized spacial score (nSPS) is 11.4. The van der Waals surface area contributed by atoms with Crippen LogP contribution in [-0.4, -0.2) is 16.0 Å². The topological polar surface area (TPSA) is 80.7 Å². The summed E-state index contributed by atoms with van der Waals surface area (Å²) in [4.78, 5) is 4.07. The fraction of sp³-hybridized carbons (Fsp3) is 0. The van der Waals surface area contributed by atoms with Crippen molar-refractivity contribution in [1.29, 1.82) is 0 Å².